The van der Waals surface area contributed by atoms with Gasteiger partial charge in [-0.2, -0.15) is 0 Å². The molecular formula is C11H12N2OS. The highest BCUT2D eigenvalue weighted by molar-refractivity contribution is 7.09. The van der Waals surface area contributed by atoms with Crippen LogP contribution < -0.4 is 10.5 Å². The van der Waals surface area contributed by atoms with Crippen LogP contribution >= 0.6 is 11.5 Å². The second-order valence-corrected chi connectivity index (χ2v) is 3.91. The molecule has 2 rings (SSSR count). The molecule has 15 heavy (non-hydrogen) atoms. The average Bonchev–Trinajstić information content (AvgIpc) is 2.77. The molecule has 0 amide bonds. The highest BCUT2D eigenvalue weighted by Crippen LogP contribution is 2.28. The molecule has 0 spiro atoms. The zero-order chi connectivity index (χ0) is 10.7. The SMILES string of the molecule is COc1ccc(-c2sncc2CN)cc1. The Hall–Kier alpha value is -1.39. The maximum absolute atomic E-state index is 5.63. The lowest BCUT2D eigenvalue weighted by molar-refractivity contribution is 0.415. The van der Waals surface area contributed by atoms with Crippen molar-refractivity contribution >= 4 is 11.5 Å². The van der Waals surface area contributed by atoms with Gasteiger partial charge >= 0.3 is 0 Å². The quantitative estimate of drug-likeness (QED) is 0.863. The molecule has 0 saturated heterocycles. The number of aromatic nitrogens is 1. The van der Waals surface area contributed by atoms with Crippen molar-refractivity contribution < 1.29 is 4.74 Å². The largest absolute Gasteiger partial charge is 0.497 e. The Bertz CT molecular complexity index is 436. The molecule has 1 heterocycles. The van der Waals surface area contributed by atoms with Gasteiger partial charge in [-0.15, -0.1) is 0 Å². The molecule has 78 valence electrons. The molecule has 1 aromatic heterocycles. The molecule has 0 fully saturated rings. The van der Waals surface area contributed by atoms with Crippen LogP contribution in [0.25, 0.3) is 10.4 Å². The number of hydrogen-bond acceptors (Lipinski definition) is 4. The molecule has 0 saturated carbocycles. The van der Waals surface area contributed by atoms with Crippen molar-refractivity contribution in [3.63, 3.8) is 0 Å². The summed E-state index contributed by atoms with van der Waals surface area (Å²) in [5.74, 6) is 0.859. The van der Waals surface area contributed by atoms with Crippen LogP contribution in [-0.2, 0) is 6.54 Å². The van der Waals surface area contributed by atoms with Crippen molar-refractivity contribution in [1.82, 2.24) is 4.37 Å². The van der Waals surface area contributed by atoms with Gasteiger partial charge in [0.2, 0.25) is 0 Å². The average molecular weight is 220 g/mol. The Morgan fingerprint density at radius 2 is 2.07 bits per heavy atom. The van der Waals surface area contributed by atoms with E-state index in [1.807, 2.05) is 30.5 Å². The molecule has 0 bridgehead atoms. The first-order valence-electron chi connectivity index (χ1n) is 4.63. The van der Waals surface area contributed by atoms with Crippen LogP contribution in [0.3, 0.4) is 0 Å². The summed E-state index contributed by atoms with van der Waals surface area (Å²) in [6.45, 7) is 0.526. The lowest BCUT2D eigenvalue weighted by atomic mass is 10.1. The van der Waals surface area contributed by atoms with Gasteiger partial charge in [-0.05, 0) is 41.4 Å². The van der Waals surface area contributed by atoms with E-state index in [4.69, 9.17) is 10.5 Å². The number of hydrogen-bond donors (Lipinski definition) is 1. The van der Waals surface area contributed by atoms with Crippen LogP contribution in [0, 0.1) is 0 Å². The third-order valence-electron chi connectivity index (χ3n) is 2.22. The standard InChI is InChI=1S/C11H12N2OS/c1-14-10-4-2-8(3-5-10)11-9(6-12)7-13-15-11/h2-5,7H,6,12H2,1H3. The Kier molecular flexibility index (Phi) is 2.99. The summed E-state index contributed by atoms with van der Waals surface area (Å²) in [6.07, 6.45) is 1.82. The van der Waals surface area contributed by atoms with E-state index in [0.717, 1.165) is 21.8 Å². The third-order valence-corrected chi connectivity index (χ3v) is 3.11. The topological polar surface area (TPSA) is 48.1 Å². The summed E-state index contributed by atoms with van der Waals surface area (Å²) in [7, 11) is 1.66. The summed E-state index contributed by atoms with van der Waals surface area (Å²) < 4.78 is 9.25. The molecule has 0 aliphatic carbocycles. The van der Waals surface area contributed by atoms with E-state index in [-0.39, 0.29) is 0 Å². The molecule has 1 aromatic carbocycles. The molecule has 2 N–H and O–H groups in total. The van der Waals surface area contributed by atoms with E-state index in [0.29, 0.717) is 6.54 Å². The van der Waals surface area contributed by atoms with Crippen LogP contribution in [0.5, 0.6) is 5.75 Å². The third kappa shape index (κ3) is 2.00. The number of methoxy groups -OCH3 is 1. The normalized spacial score (nSPS) is 10.3. The molecule has 2 aromatic rings. The number of ether oxygens (including phenoxy) is 1. The van der Waals surface area contributed by atoms with Gasteiger partial charge in [0.1, 0.15) is 5.75 Å². The monoisotopic (exact) mass is 220 g/mol. The number of rotatable bonds is 3. The predicted octanol–water partition coefficient (Wildman–Crippen LogP) is 2.28. The van der Waals surface area contributed by atoms with E-state index in [2.05, 4.69) is 4.37 Å². The van der Waals surface area contributed by atoms with Crippen molar-refractivity contribution in [3.8, 4) is 16.2 Å². The minimum atomic E-state index is 0.526. The molecule has 4 heteroatoms. The lowest BCUT2D eigenvalue weighted by Gasteiger charge is -2.02. The maximum atomic E-state index is 5.63. The van der Waals surface area contributed by atoms with Crippen molar-refractivity contribution in [2.75, 3.05) is 7.11 Å². The number of benzene rings is 1. The van der Waals surface area contributed by atoms with Gasteiger partial charge < -0.3 is 10.5 Å². The summed E-state index contributed by atoms with van der Waals surface area (Å²) in [5, 5.41) is 0. The van der Waals surface area contributed by atoms with Gasteiger partial charge in [0.25, 0.3) is 0 Å². The van der Waals surface area contributed by atoms with E-state index >= 15 is 0 Å². The van der Waals surface area contributed by atoms with Gasteiger partial charge in [0, 0.05) is 18.3 Å². The van der Waals surface area contributed by atoms with Gasteiger partial charge in [0.15, 0.2) is 0 Å². The zero-order valence-electron chi connectivity index (χ0n) is 8.43. The molecule has 0 aliphatic heterocycles. The van der Waals surface area contributed by atoms with Crippen molar-refractivity contribution in [2.24, 2.45) is 5.73 Å². The van der Waals surface area contributed by atoms with Crippen LogP contribution in [-0.4, -0.2) is 11.5 Å². The summed E-state index contributed by atoms with van der Waals surface area (Å²) in [4.78, 5) is 1.14. The fraction of sp³-hybridized carbons (Fsp3) is 0.182. The van der Waals surface area contributed by atoms with Crippen molar-refractivity contribution in [3.05, 3.63) is 36.0 Å². The smallest absolute Gasteiger partial charge is 0.118 e. The molecule has 0 aliphatic rings. The fourth-order valence-electron chi connectivity index (χ4n) is 1.39. The predicted molar refractivity (Wildman–Crippen MR) is 62.0 cm³/mol. The van der Waals surface area contributed by atoms with E-state index in [9.17, 15) is 0 Å². The number of nitrogens with two attached hydrogens (primary N) is 1. The van der Waals surface area contributed by atoms with Gasteiger partial charge in [-0.3, -0.25) is 0 Å². The highest BCUT2D eigenvalue weighted by atomic mass is 32.1. The van der Waals surface area contributed by atoms with Crippen LogP contribution in [0.15, 0.2) is 30.5 Å². The van der Waals surface area contributed by atoms with Crippen molar-refractivity contribution in [2.45, 2.75) is 6.54 Å². The fourth-order valence-corrected chi connectivity index (χ4v) is 2.17. The number of nitrogens with zero attached hydrogens (tertiary/aromatic N) is 1. The first-order valence-corrected chi connectivity index (χ1v) is 5.40. The van der Waals surface area contributed by atoms with Gasteiger partial charge in [-0.25, -0.2) is 4.37 Å². The second kappa shape index (κ2) is 4.42. The van der Waals surface area contributed by atoms with E-state index in [1.165, 1.54) is 11.5 Å². The first-order chi connectivity index (χ1) is 7.35. The molecule has 0 unspecified atom stereocenters. The molecule has 0 radical (unpaired) electrons. The van der Waals surface area contributed by atoms with Gasteiger partial charge in [-0.1, -0.05) is 0 Å². The first kappa shape index (κ1) is 10.1. The maximum Gasteiger partial charge on any atom is 0.118 e. The Labute approximate surface area is 92.7 Å². The second-order valence-electron chi connectivity index (χ2n) is 3.11. The molecule has 0 atom stereocenters. The minimum Gasteiger partial charge on any atom is -0.497 e. The summed E-state index contributed by atoms with van der Waals surface area (Å²) in [5.41, 5.74) is 7.86. The van der Waals surface area contributed by atoms with Crippen LogP contribution in [0.1, 0.15) is 5.56 Å². The minimum absolute atomic E-state index is 0.526. The Balaban J connectivity index is 2.37. The zero-order valence-corrected chi connectivity index (χ0v) is 9.25. The van der Waals surface area contributed by atoms with Crippen molar-refractivity contribution in [1.29, 1.82) is 0 Å². The molecular weight excluding hydrogens is 208 g/mol. The lowest BCUT2D eigenvalue weighted by Crippen LogP contribution is -1.95. The van der Waals surface area contributed by atoms with Crippen LogP contribution in [0.2, 0.25) is 0 Å². The van der Waals surface area contributed by atoms with E-state index < -0.39 is 0 Å². The summed E-state index contributed by atoms with van der Waals surface area (Å²) >= 11 is 1.47. The summed E-state index contributed by atoms with van der Waals surface area (Å²) in [6, 6.07) is 7.92. The van der Waals surface area contributed by atoms with Gasteiger partial charge in [0.05, 0.1) is 12.0 Å². The Morgan fingerprint density at radius 3 is 2.67 bits per heavy atom. The molecule has 3 nitrogen and oxygen atoms in total. The van der Waals surface area contributed by atoms with E-state index in [1.54, 1.807) is 7.11 Å². The highest BCUT2D eigenvalue weighted by Gasteiger charge is 2.06. The Morgan fingerprint density at radius 1 is 1.33 bits per heavy atom. The van der Waals surface area contributed by atoms with Crippen LogP contribution in [0.4, 0.5) is 0 Å².